The summed E-state index contributed by atoms with van der Waals surface area (Å²) in [4.78, 5) is 26.8. The summed E-state index contributed by atoms with van der Waals surface area (Å²) < 4.78 is 0. The van der Waals surface area contributed by atoms with Crippen molar-refractivity contribution in [3.8, 4) is 0 Å². The van der Waals surface area contributed by atoms with Crippen LogP contribution in [0.4, 0.5) is 11.4 Å². The van der Waals surface area contributed by atoms with E-state index in [9.17, 15) is 9.59 Å². The van der Waals surface area contributed by atoms with Gasteiger partial charge in [0.25, 0.3) is 0 Å². The molecule has 5 heteroatoms. The molecule has 1 aliphatic carbocycles. The Balaban J connectivity index is 1.55. The zero-order chi connectivity index (χ0) is 21.3. The number of carbonyl (C=O) groups excluding carboxylic acids is 2. The molecule has 0 spiro atoms. The van der Waals surface area contributed by atoms with Gasteiger partial charge in [0, 0.05) is 36.4 Å². The number of anilines is 2. The van der Waals surface area contributed by atoms with Gasteiger partial charge >= 0.3 is 0 Å². The summed E-state index contributed by atoms with van der Waals surface area (Å²) in [5, 5.41) is 12.0. The number of aliphatic hydroxyl groups excluding tert-OH is 1. The van der Waals surface area contributed by atoms with Crippen LogP contribution in [0.25, 0.3) is 6.08 Å². The van der Waals surface area contributed by atoms with Crippen LogP contribution >= 0.6 is 0 Å². The molecule has 0 aromatic heterocycles. The molecule has 1 fully saturated rings. The van der Waals surface area contributed by atoms with Gasteiger partial charge in [0.1, 0.15) is 0 Å². The molecular weight excluding hydrogens is 376 g/mol. The molecule has 1 aliphatic rings. The highest BCUT2D eigenvalue weighted by Crippen LogP contribution is 2.25. The Morgan fingerprint density at radius 2 is 1.70 bits per heavy atom. The van der Waals surface area contributed by atoms with Crippen molar-refractivity contribution >= 4 is 29.1 Å². The van der Waals surface area contributed by atoms with Crippen LogP contribution < -0.4 is 10.2 Å². The fraction of sp³-hybridized carbons (Fsp3) is 0.360. The average molecular weight is 407 g/mol. The lowest BCUT2D eigenvalue weighted by molar-refractivity contribution is -0.120. The zero-order valence-corrected chi connectivity index (χ0v) is 17.5. The van der Waals surface area contributed by atoms with Gasteiger partial charge in [0.05, 0.1) is 6.61 Å². The maximum atomic E-state index is 12.4. The lowest BCUT2D eigenvalue weighted by Gasteiger charge is -2.20. The number of hydrogen-bond donors (Lipinski definition) is 2. The van der Waals surface area contributed by atoms with Crippen LogP contribution in [0.1, 0.15) is 48.0 Å². The summed E-state index contributed by atoms with van der Waals surface area (Å²) in [6.45, 7) is 0.681. The number of likely N-dealkylation sites (N-methyl/N-ethyl adjacent to an activating group) is 1. The number of rotatable bonds is 8. The molecule has 3 rings (SSSR count). The van der Waals surface area contributed by atoms with Crippen LogP contribution in [0.2, 0.25) is 0 Å². The van der Waals surface area contributed by atoms with Crippen LogP contribution in [0.3, 0.4) is 0 Å². The van der Waals surface area contributed by atoms with Crippen molar-refractivity contribution in [3.05, 3.63) is 65.7 Å². The number of hydrogen-bond acceptors (Lipinski definition) is 4. The van der Waals surface area contributed by atoms with Crippen LogP contribution in [-0.2, 0) is 4.79 Å². The molecule has 1 saturated carbocycles. The Morgan fingerprint density at radius 1 is 1.03 bits per heavy atom. The van der Waals surface area contributed by atoms with E-state index < -0.39 is 0 Å². The fourth-order valence-corrected chi connectivity index (χ4v) is 3.71. The summed E-state index contributed by atoms with van der Waals surface area (Å²) in [7, 11) is 1.92. The molecule has 0 heterocycles. The molecule has 0 bridgehead atoms. The average Bonchev–Trinajstić information content (AvgIpc) is 2.79. The van der Waals surface area contributed by atoms with Gasteiger partial charge in [0.15, 0.2) is 5.78 Å². The predicted molar refractivity (Wildman–Crippen MR) is 122 cm³/mol. The first-order chi connectivity index (χ1) is 14.6. The van der Waals surface area contributed by atoms with E-state index in [2.05, 4.69) is 5.32 Å². The van der Waals surface area contributed by atoms with Crippen LogP contribution in [0, 0.1) is 5.92 Å². The molecule has 158 valence electrons. The van der Waals surface area contributed by atoms with Crippen molar-refractivity contribution < 1.29 is 14.7 Å². The second-order valence-electron chi connectivity index (χ2n) is 7.84. The lowest BCUT2D eigenvalue weighted by atomic mass is 9.88. The topological polar surface area (TPSA) is 69.6 Å². The smallest absolute Gasteiger partial charge is 0.227 e. The summed E-state index contributed by atoms with van der Waals surface area (Å²) in [5.41, 5.74) is 3.26. The first kappa shape index (κ1) is 21.8. The highest BCUT2D eigenvalue weighted by Gasteiger charge is 2.21. The number of aliphatic hydroxyl groups is 1. The first-order valence-corrected chi connectivity index (χ1v) is 10.6. The van der Waals surface area contributed by atoms with E-state index in [0.29, 0.717) is 12.1 Å². The molecule has 30 heavy (non-hydrogen) atoms. The van der Waals surface area contributed by atoms with Crippen molar-refractivity contribution in [2.45, 2.75) is 32.1 Å². The first-order valence-electron chi connectivity index (χ1n) is 10.6. The van der Waals surface area contributed by atoms with E-state index in [1.54, 1.807) is 36.4 Å². The van der Waals surface area contributed by atoms with Crippen molar-refractivity contribution in [1.82, 2.24) is 0 Å². The van der Waals surface area contributed by atoms with Gasteiger partial charge in [-0.1, -0.05) is 37.5 Å². The number of carbonyl (C=O) groups is 2. The summed E-state index contributed by atoms with van der Waals surface area (Å²) in [6, 6.07) is 14.9. The quantitative estimate of drug-likeness (QED) is 0.499. The van der Waals surface area contributed by atoms with Crippen molar-refractivity contribution in [2.75, 3.05) is 30.4 Å². The predicted octanol–water partition coefficient (Wildman–Crippen LogP) is 4.53. The maximum absolute atomic E-state index is 12.4. The molecular formula is C25H30N2O3. The molecule has 2 aromatic carbocycles. The van der Waals surface area contributed by atoms with Crippen molar-refractivity contribution in [3.63, 3.8) is 0 Å². The maximum Gasteiger partial charge on any atom is 0.227 e. The van der Waals surface area contributed by atoms with Crippen molar-refractivity contribution in [2.24, 2.45) is 5.92 Å². The number of ketones is 1. The third-order valence-electron chi connectivity index (χ3n) is 5.61. The lowest BCUT2D eigenvalue weighted by Crippen LogP contribution is -2.24. The van der Waals surface area contributed by atoms with Gasteiger partial charge < -0.3 is 15.3 Å². The van der Waals surface area contributed by atoms with Gasteiger partial charge in [-0.15, -0.1) is 0 Å². The van der Waals surface area contributed by atoms with Crippen molar-refractivity contribution in [1.29, 1.82) is 0 Å². The van der Waals surface area contributed by atoms with E-state index in [1.165, 1.54) is 6.42 Å². The molecule has 2 aromatic rings. The van der Waals surface area contributed by atoms with E-state index >= 15 is 0 Å². The number of nitrogens with zero attached hydrogens (tertiary/aromatic N) is 1. The highest BCUT2D eigenvalue weighted by molar-refractivity contribution is 6.07. The molecule has 0 unspecified atom stereocenters. The number of benzene rings is 2. The SMILES string of the molecule is CN(CCO)c1ccc(/C=C/C(=O)c2ccc(NC(=O)C3CCCCC3)cc2)cc1. The number of amides is 1. The monoisotopic (exact) mass is 406 g/mol. The van der Waals surface area contributed by atoms with Gasteiger partial charge in [-0.05, 0) is 60.9 Å². The molecule has 0 atom stereocenters. The molecule has 2 N–H and O–H groups in total. The Hall–Kier alpha value is -2.92. The second kappa shape index (κ2) is 10.7. The largest absolute Gasteiger partial charge is 0.395 e. The Labute approximate surface area is 178 Å². The summed E-state index contributed by atoms with van der Waals surface area (Å²) >= 11 is 0. The molecule has 1 amide bonds. The third kappa shape index (κ3) is 6.04. The van der Waals surface area contributed by atoms with E-state index in [-0.39, 0.29) is 24.2 Å². The van der Waals surface area contributed by atoms with Crippen LogP contribution in [0.15, 0.2) is 54.6 Å². The van der Waals surface area contributed by atoms with Crippen LogP contribution in [0.5, 0.6) is 0 Å². The van der Waals surface area contributed by atoms with Gasteiger partial charge in [-0.2, -0.15) is 0 Å². The fourth-order valence-electron chi connectivity index (χ4n) is 3.71. The normalized spacial score (nSPS) is 14.6. The van der Waals surface area contributed by atoms with Crippen LogP contribution in [-0.4, -0.2) is 37.0 Å². The van der Waals surface area contributed by atoms with Gasteiger partial charge in [0.2, 0.25) is 5.91 Å². The summed E-state index contributed by atoms with van der Waals surface area (Å²) in [6.07, 6.45) is 8.75. The standard InChI is InChI=1S/C25H30N2O3/c1-27(17-18-28)23-14-7-19(8-15-23)9-16-24(29)20-10-12-22(13-11-20)26-25(30)21-5-3-2-4-6-21/h7-16,21,28H,2-6,17-18H2,1H3,(H,26,30)/b16-9+. The summed E-state index contributed by atoms with van der Waals surface area (Å²) in [5.74, 6) is 0.112. The Bertz CT molecular complexity index is 866. The molecule has 0 aliphatic heterocycles. The minimum atomic E-state index is -0.0818. The minimum Gasteiger partial charge on any atom is -0.395 e. The van der Waals surface area contributed by atoms with E-state index in [0.717, 1.165) is 42.6 Å². The minimum absolute atomic E-state index is 0.0818. The molecule has 0 saturated heterocycles. The zero-order valence-electron chi connectivity index (χ0n) is 17.5. The second-order valence-corrected chi connectivity index (χ2v) is 7.84. The van der Waals surface area contributed by atoms with E-state index in [1.807, 2.05) is 36.2 Å². The van der Waals surface area contributed by atoms with Gasteiger partial charge in [-0.25, -0.2) is 0 Å². The Kier molecular flexibility index (Phi) is 7.80. The van der Waals surface area contributed by atoms with Gasteiger partial charge in [-0.3, -0.25) is 9.59 Å². The third-order valence-corrected chi connectivity index (χ3v) is 5.61. The number of nitrogens with one attached hydrogen (secondary N) is 1. The highest BCUT2D eigenvalue weighted by atomic mass is 16.3. The van der Waals surface area contributed by atoms with E-state index in [4.69, 9.17) is 5.11 Å². The Morgan fingerprint density at radius 3 is 2.33 bits per heavy atom. The molecule has 5 nitrogen and oxygen atoms in total. The number of allylic oxidation sites excluding steroid dienone is 1. The molecule has 0 radical (unpaired) electrons.